The van der Waals surface area contributed by atoms with Crippen LogP contribution >= 0.6 is 11.6 Å². The first kappa shape index (κ1) is 13.2. The number of hydrogen-bond donors (Lipinski definition) is 1. The van der Waals surface area contributed by atoms with Crippen molar-refractivity contribution in [3.63, 3.8) is 0 Å². The third-order valence-electron chi connectivity index (χ3n) is 1.83. The zero-order valence-corrected chi connectivity index (χ0v) is 9.90. The van der Waals surface area contributed by atoms with Crippen molar-refractivity contribution < 1.29 is 4.74 Å². The van der Waals surface area contributed by atoms with E-state index in [0.717, 1.165) is 19.6 Å². The topological polar surface area (TPSA) is 21.3 Å². The molecule has 2 unspecified atom stereocenters. The summed E-state index contributed by atoms with van der Waals surface area (Å²) in [5.41, 5.74) is 0. The van der Waals surface area contributed by atoms with Crippen LogP contribution in [0.25, 0.3) is 0 Å². The van der Waals surface area contributed by atoms with Gasteiger partial charge in [-0.3, -0.25) is 0 Å². The Morgan fingerprint density at radius 1 is 1.31 bits per heavy atom. The van der Waals surface area contributed by atoms with E-state index < -0.39 is 0 Å². The number of hydrogen-bond acceptors (Lipinski definition) is 2. The molecule has 0 aromatic carbocycles. The molecule has 0 aromatic rings. The maximum absolute atomic E-state index is 6.12. The quantitative estimate of drug-likeness (QED) is 0.647. The summed E-state index contributed by atoms with van der Waals surface area (Å²) in [7, 11) is 1.71. The first-order valence-corrected chi connectivity index (χ1v) is 5.36. The summed E-state index contributed by atoms with van der Waals surface area (Å²) >= 11 is 6.12. The van der Waals surface area contributed by atoms with Gasteiger partial charge in [0, 0.05) is 25.1 Å². The summed E-state index contributed by atoms with van der Waals surface area (Å²) < 4.78 is 5.01. The van der Waals surface area contributed by atoms with Crippen LogP contribution in [-0.2, 0) is 4.74 Å². The van der Waals surface area contributed by atoms with Gasteiger partial charge in [0.05, 0.1) is 6.61 Å². The predicted molar refractivity (Wildman–Crippen MR) is 58.4 cm³/mol. The molecule has 13 heavy (non-hydrogen) atoms. The molecular weight excluding hydrogens is 186 g/mol. The molecule has 2 nitrogen and oxygen atoms in total. The molecule has 80 valence electrons. The van der Waals surface area contributed by atoms with Gasteiger partial charge in [-0.2, -0.15) is 0 Å². The molecule has 0 heterocycles. The first-order valence-electron chi connectivity index (χ1n) is 4.92. The van der Waals surface area contributed by atoms with Gasteiger partial charge in [-0.15, -0.1) is 11.6 Å². The fourth-order valence-electron chi connectivity index (χ4n) is 1.23. The van der Waals surface area contributed by atoms with Gasteiger partial charge in [0.2, 0.25) is 0 Å². The summed E-state index contributed by atoms with van der Waals surface area (Å²) in [6.07, 6.45) is 1.06. The van der Waals surface area contributed by atoms with Gasteiger partial charge in [0.1, 0.15) is 0 Å². The molecule has 0 saturated heterocycles. The number of methoxy groups -OCH3 is 1. The van der Waals surface area contributed by atoms with Gasteiger partial charge in [-0.25, -0.2) is 0 Å². The summed E-state index contributed by atoms with van der Waals surface area (Å²) in [6, 6.07) is 0.387. The normalized spacial score (nSPS) is 16.2. The van der Waals surface area contributed by atoms with Gasteiger partial charge in [0.15, 0.2) is 0 Å². The highest BCUT2D eigenvalue weighted by atomic mass is 35.5. The summed E-state index contributed by atoms with van der Waals surface area (Å²) in [5, 5.41) is 3.57. The monoisotopic (exact) mass is 207 g/mol. The van der Waals surface area contributed by atoms with Crippen LogP contribution in [-0.4, -0.2) is 31.7 Å². The highest BCUT2D eigenvalue weighted by Gasteiger charge is 2.08. The van der Waals surface area contributed by atoms with Gasteiger partial charge in [-0.1, -0.05) is 13.8 Å². The third kappa shape index (κ3) is 8.54. The number of rotatable bonds is 7. The van der Waals surface area contributed by atoms with Gasteiger partial charge >= 0.3 is 0 Å². The van der Waals surface area contributed by atoms with E-state index in [1.54, 1.807) is 7.11 Å². The Morgan fingerprint density at radius 3 is 2.38 bits per heavy atom. The first-order chi connectivity index (χ1) is 6.06. The Morgan fingerprint density at radius 2 is 1.92 bits per heavy atom. The average Bonchev–Trinajstić information content (AvgIpc) is 2.00. The van der Waals surface area contributed by atoms with Crippen LogP contribution in [0, 0.1) is 5.92 Å². The molecule has 0 rings (SSSR count). The summed E-state index contributed by atoms with van der Waals surface area (Å²) in [5.74, 6) is 0.669. The van der Waals surface area contributed by atoms with Crippen molar-refractivity contribution in [2.75, 3.05) is 20.3 Å². The summed E-state index contributed by atoms with van der Waals surface area (Å²) in [4.78, 5) is 0. The third-order valence-corrected chi connectivity index (χ3v) is 2.16. The second kappa shape index (κ2) is 7.60. The molecule has 0 aromatic heterocycles. The van der Waals surface area contributed by atoms with E-state index in [1.807, 2.05) is 0 Å². The number of halogens is 1. The molecule has 0 bridgehead atoms. The minimum atomic E-state index is 0.235. The second-order valence-corrected chi connectivity index (χ2v) is 4.61. The molecule has 3 heteroatoms. The summed E-state index contributed by atoms with van der Waals surface area (Å²) in [6.45, 7) is 8.08. The highest BCUT2D eigenvalue weighted by Crippen LogP contribution is 2.09. The van der Waals surface area contributed by atoms with E-state index in [2.05, 4.69) is 26.1 Å². The fourth-order valence-corrected chi connectivity index (χ4v) is 1.68. The fraction of sp³-hybridized carbons (Fsp3) is 1.00. The zero-order chi connectivity index (χ0) is 10.3. The maximum Gasteiger partial charge on any atom is 0.0613 e. The van der Waals surface area contributed by atoms with E-state index in [4.69, 9.17) is 16.3 Å². The molecule has 0 aliphatic rings. The van der Waals surface area contributed by atoms with E-state index in [0.29, 0.717) is 12.0 Å². The van der Waals surface area contributed by atoms with Crippen LogP contribution in [0.1, 0.15) is 27.2 Å². The van der Waals surface area contributed by atoms with E-state index >= 15 is 0 Å². The lowest BCUT2D eigenvalue weighted by molar-refractivity contribution is 0.172. The molecule has 0 aliphatic carbocycles. The van der Waals surface area contributed by atoms with Crippen molar-refractivity contribution >= 4 is 11.6 Å². The SMILES string of the molecule is COCC(C)NCC(Cl)CC(C)C. The Balaban J connectivity index is 3.40. The molecule has 0 spiro atoms. The number of nitrogens with one attached hydrogen (secondary N) is 1. The zero-order valence-electron chi connectivity index (χ0n) is 9.14. The Kier molecular flexibility index (Phi) is 7.72. The Hall–Kier alpha value is 0.210. The number of alkyl halides is 1. The number of ether oxygens (including phenoxy) is 1. The Bertz CT molecular complexity index is 119. The molecule has 0 radical (unpaired) electrons. The molecule has 0 fully saturated rings. The van der Waals surface area contributed by atoms with E-state index in [9.17, 15) is 0 Å². The van der Waals surface area contributed by atoms with Gasteiger partial charge in [0.25, 0.3) is 0 Å². The molecular formula is C10H22ClNO. The lowest BCUT2D eigenvalue weighted by Crippen LogP contribution is -2.35. The lowest BCUT2D eigenvalue weighted by atomic mass is 10.1. The molecule has 0 saturated carbocycles. The second-order valence-electron chi connectivity index (χ2n) is 3.99. The van der Waals surface area contributed by atoms with Crippen molar-refractivity contribution in [2.45, 2.75) is 38.6 Å². The smallest absolute Gasteiger partial charge is 0.0613 e. The van der Waals surface area contributed by atoms with Crippen molar-refractivity contribution in [2.24, 2.45) is 5.92 Å². The van der Waals surface area contributed by atoms with Crippen molar-refractivity contribution in [3.05, 3.63) is 0 Å². The van der Waals surface area contributed by atoms with Crippen LogP contribution < -0.4 is 5.32 Å². The Labute approximate surface area is 87.0 Å². The standard InChI is InChI=1S/C10H22ClNO/c1-8(2)5-10(11)6-12-9(3)7-13-4/h8-10,12H,5-7H2,1-4H3. The lowest BCUT2D eigenvalue weighted by Gasteiger charge is -2.16. The van der Waals surface area contributed by atoms with Crippen LogP contribution in [0.3, 0.4) is 0 Å². The highest BCUT2D eigenvalue weighted by molar-refractivity contribution is 6.20. The van der Waals surface area contributed by atoms with Crippen LogP contribution in [0.5, 0.6) is 0 Å². The van der Waals surface area contributed by atoms with Crippen molar-refractivity contribution in [1.29, 1.82) is 0 Å². The minimum absolute atomic E-state index is 0.235. The average molecular weight is 208 g/mol. The van der Waals surface area contributed by atoms with Crippen LogP contribution in [0.4, 0.5) is 0 Å². The van der Waals surface area contributed by atoms with Gasteiger partial charge in [-0.05, 0) is 19.3 Å². The molecule has 1 N–H and O–H groups in total. The van der Waals surface area contributed by atoms with Crippen LogP contribution in [0.15, 0.2) is 0 Å². The maximum atomic E-state index is 6.12. The molecule has 0 aliphatic heterocycles. The predicted octanol–water partition coefficient (Wildman–Crippen LogP) is 2.26. The molecule has 0 amide bonds. The van der Waals surface area contributed by atoms with Crippen molar-refractivity contribution in [1.82, 2.24) is 5.32 Å². The molecule has 2 atom stereocenters. The van der Waals surface area contributed by atoms with E-state index in [-0.39, 0.29) is 5.38 Å². The largest absolute Gasteiger partial charge is 0.383 e. The van der Waals surface area contributed by atoms with E-state index in [1.165, 1.54) is 0 Å². The minimum Gasteiger partial charge on any atom is -0.383 e. The van der Waals surface area contributed by atoms with Crippen molar-refractivity contribution in [3.8, 4) is 0 Å². The van der Waals surface area contributed by atoms with Gasteiger partial charge < -0.3 is 10.1 Å². The van der Waals surface area contributed by atoms with Crippen LogP contribution in [0.2, 0.25) is 0 Å².